The van der Waals surface area contributed by atoms with Gasteiger partial charge in [-0.3, -0.25) is 9.59 Å². The van der Waals surface area contributed by atoms with Gasteiger partial charge >= 0.3 is 6.18 Å². The van der Waals surface area contributed by atoms with Gasteiger partial charge in [0.15, 0.2) is 0 Å². The molecule has 2 N–H and O–H groups in total. The highest BCUT2D eigenvalue weighted by Crippen LogP contribution is 2.69. The first-order valence-electron chi connectivity index (χ1n) is 10.2. The highest BCUT2D eigenvalue weighted by atomic mass is 19.4. The zero-order valence-corrected chi connectivity index (χ0v) is 16.8. The van der Waals surface area contributed by atoms with Gasteiger partial charge in [-0.25, -0.2) is 0 Å². The van der Waals surface area contributed by atoms with Crippen molar-refractivity contribution in [3.05, 3.63) is 29.8 Å². The third-order valence-corrected chi connectivity index (χ3v) is 6.96. The minimum absolute atomic E-state index is 0.0355. The van der Waals surface area contributed by atoms with Crippen LogP contribution >= 0.6 is 0 Å². The summed E-state index contributed by atoms with van der Waals surface area (Å²) in [6.07, 6.45) is 1.91. The molecule has 1 aromatic rings. The number of amides is 2. The summed E-state index contributed by atoms with van der Waals surface area (Å²) in [7, 11) is 0. The average Bonchev–Trinajstić information content (AvgIpc) is 2.56. The Labute approximate surface area is 168 Å². The Kier molecular flexibility index (Phi) is 4.52. The molecular formula is C22H27F3N2O2. The first kappa shape index (κ1) is 20.2. The third kappa shape index (κ3) is 4.01. The molecule has 2 amide bonds. The van der Waals surface area contributed by atoms with Crippen molar-refractivity contribution in [2.24, 2.45) is 22.2 Å². The molecular weight excluding hydrogens is 381 g/mol. The summed E-state index contributed by atoms with van der Waals surface area (Å²) in [5.41, 5.74) is 0.805. The normalized spacial score (nSPS) is 35.4. The van der Waals surface area contributed by atoms with E-state index < -0.39 is 18.6 Å². The number of rotatable bonds is 4. The molecule has 0 heterocycles. The van der Waals surface area contributed by atoms with Gasteiger partial charge in [-0.2, -0.15) is 13.2 Å². The number of nitrogens with one attached hydrogen (secondary N) is 2. The molecule has 0 spiro atoms. The van der Waals surface area contributed by atoms with Crippen molar-refractivity contribution in [1.82, 2.24) is 5.32 Å². The van der Waals surface area contributed by atoms with Gasteiger partial charge < -0.3 is 10.6 Å². The van der Waals surface area contributed by atoms with Crippen LogP contribution in [0.3, 0.4) is 0 Å². The maximum atomic E-state index is 13.3. The zero-order chi connectivity index (χ0) is 21.1. The minimum Gasteiger partial charge on any atom is -0.343 e. The highest BCUT2D eigenvalue weighted by molar-refractivity contribution is 5.97. The van der Waals surface area contributed by atoms with E-state index in [1.54, 1.807) is 12.1 Å². The third-order valence-electron chi connectivity index (χ3n) is 6.96. The fraction of sp³-hybridized carbons (Fsp3) is 0.636. The van der Waals surface area contributed by atoms with Gasteiger partial charge in [-0.05, 0) is 79.5 Å². The number of hydrogen-bond acceptors (Lipinski definition) is 2. The summed E-state index contributed by atoms with van der Waals surface area (Å²) in [5.74, 6) is -0.151. The van der Waals surface area contributed by atoms with Crippen molar-refractivity contribution < 1.29 is 22.8 Å². The molecule has 7 heteroatoms. The van der Waals surface area contributed by atoms with Crippen LogP contribution in [0.5, 0.6) is 0 Å². The first-order chi connectivity index (χ1) is 13.4. The molecule has 0 aliphatic heterocycles. The molecule has 0 radical (unpaired) electrons. The van der Waals surface area contributed by atoms with Crippen LogP contribution in [0.2, 0.25) is 0 Å². The van der Waals surface area contributed by atoms with Crippen molar-refractivity contribution in [2.45, 2.75) is 58.5 Å². The van der Waals surface area contributed by atoms with Crippen LogP contribution in [0.15, 0.2) is 24.3 Å². The molecule has 4 saturated carbocycles. The topological polar surface area (TPSA) is 58.2 Å². The van der Waals surface area contributed by atoms with E-state index in [9.17, 15) is 22.8 Å². The van der Waals surface area contributed by atoms with Crippen LogP contribution in [0.25, 0.3) is 0 Å². The van der Waals surface area contributed by atoms with Crippen molar-refractivity contribution in [2.75, 3.05) is 11.9 Å². The summed E-state index contributed by atoms with van der Waals surface area (Å²) in [6.45, 7) is 3.25. The largest absolute Gasteiger partial charge is 0.405 e. The number of carbonyl (C=O) groups is 2. The lowest BCUT2D eigenvalue weighted by molar-refractivity contribution is -0.165. The van der Waals surface area contributed by atoms with Gasteiger partial charge in [0, 0.05) is 11.3 Å². The van der Waals surface area contributed by atoms with Crippen LogP contribution in [-0.2, 0) is 4.79 Å². The van der Waals surface area contributed by atoms with Crippen LogP contribution in [0.4, 0.5) is 18.9 Å². The van der Waals surface area contributed by atoms with E-state index in [-0.39, 0.29) is 27.7 Å². The van der Waals surface area contributed by atoms with E-state index in [1.165, 1.54) is 31.4 Å². The molecule has 4 fully saturated rings. The summed E-state index contributed by atoms with van der Waals surface area (Å²) in [4.78, 5) is 25.1. The molecule has 2 atom stereocenters. The molecule has 158 valence electrons. The molecule has 0 aromatic heterocycles. The number of benzene rings is 1. The van der Waals surface area contributed by atoms with Crippen molar-refractivity contribution >= 4 is 17.5 Å². The van der Waals surface area contributed by atoms with Gasteiger partial charge in [0.2, 0.25) is 5.91 Å². The van der Waals surface area contributed by atoms with Crippen LogP contribution < -0.4 is 10.6 Å². The van der Waals surface area contributed by atoms with Gasteiger partial charge in [0.05, 0.1) is 5.41 Å². The molecule has 0 saturated heterocycles. The fourth-order valence-electron chi connectivity index (χ4n) is 6.95. The van der Waals surface area contributed by atoms with E-state index in [4.69, 9.17) is 0 Å². The highest BCUT2D eigenvalue weighted by Gasteiger charge is 2.62. The van der Waals surface area contributed by atoms with Gasteiger partial charge in [0.1, 0.15) is 6.54 Å². The minimum atomic E-state index is -4.45. The lowest BCUT2D eigenvalue weighted by Crippen LogP contribution is -2.58. The Morgan fingerprint density at radius 3 is 2.10 bits per heavy atom. The SMILES string of the molecule is CC12CC3CC(C)(C1)CC(C(=O)Nc1ccc(C(=O)NCC(F)(F)F)cc1)(C3)C2. The zero-order valence-electron chi connectivity index (χ0n) is 16.8. The van der Waals surface area contributed by atoms with E-state index in [0.29, 0.717) is 11.6 Å². The molecule has 29 heavy (non-hydrogen) atoms. The Morgan fingerprint density at radius 1 is 1.00 bits per heavy atom. The second-order valence-corrected chi connectivity index (χ2v) is 10.2. The van der Waals surface area contributed by atoms with Gasteiger partial charge in [-0.1, -0.05) is 13.8 Å². The smallest absolute Gasteiger partial charge is 0.343 e. The number of halogens is 3. The molecule has 4 bridgehead atoms. The molecule has 2 unspecified atom stereocenters. The monoisotopic (exact) mass is 408 g/mol. The van der Waals surface area contributed by atoms with E-state index in [2.05, 4.69) is 19.2 Å². The second kappa shape index (κ2) is 6.47. The van der Waals surface area contributed by atoms with E-state index >= 15 is 0 Å². The Balaban J connectivity index is 1.43. The van der Waals surface area contributed by atoms with Crippen molar-refractivity contribution in [1.29, 1.82) is 0 Å². The van der Waals surface area contributed by atoms with Crippen LogP contribution in [0.1, 0.15) is 62.7 Å². The van der Waals surface area contributed by atoms with Crippen molar-refractivity contribution in [3.63, 3.8) is 0 Å². The van der Waals surface area contributed by atoms with Crippen LogP contribution in [0, 0.1) is 22.2 Å². The maximum Gasteiger partial charge on any atom is 0.405 e. The lowest BCUT2D eigenvalue weighted by atomic mass is 9.40. The van der Waals surface area contributed by atoms with E-state index in [0.717, 1.165) is 19.3 Å². The molecule has 4 nitrogen and oxygen atoms in total. The number of hydrogen-bond donors (Lipinski definition) is 2. The predicted molar refractivity (Wildman–Crippen MR) is 103 cm³/mol. The summed E-state index contributed by atoms with van der Waals surface area (Å²) >= 11 is 0. The Hall–Kier alpha value is -2.05. The quantitative estimate of drug-likeness (QED) is 0.743. The number of carbonyl (C=O) groups excluding carboxylic acids is 2. The van der Waals surface area contributed by atoms with Crippen molar-refractivity contribution in [3.8, 4) is 0 Å². The standard InChI is InChI=1S/C22H27F3N2O2/c1-19-7-14-8-20(2,10-19)12-21(9-14,11-19)18(29)27-16-5-3-15(4-6-16)17(28)26-13-22(23,24)25/h3-6,14H,7-13H2,1-2H3,(H,26,28)(H,27,29). The fourth-order valence-corrected chi connectivity index (χ4v) is 6.95. The molecule has 4 aliphatic carbocycles. The van der Waals surface area contributed by atoms with Gasteiger partial charge in [0.25, 0.3) is 5.91 Å². The number of anilines is 1. The predicted octanol–water partition coefficient (Wildman–Crippen LogP) is 4.91. The van der Waals surface area contributed by atoms with E-state index in [1.807, 2.05) is 5.32 Å². The van der Waals surface area contributed by atoms with Crippen LogP contribution in [-0.4, -0.2) is 24.5 Å². The average molecular weight is 408 g/mol. The van der Waals surface area contributed by atoms with Gasteiger partial charge in [-0.15, -0.1) is 0 Å². The Morgan fingerprint density at radius 2 is 1.59 bits per heavy atom. The maximum absolute atomic E-state index is 13.3. The molecule has 1 aromatic carbocycles. The summed E-state index contributed by atoms with van der Waals surface area (Å²) in [5, 5.41) is 4.85. The second-order valence-electron chi connectivity index (χ2n) is 10.2. The summed E-state index contributed by atoms with van der Waals surface area (Å²) < 4.78 is 36.7. The Bertz CT molecular complexity index is 815. The lowest BCUT2D eigenvalue weighted by Gasteiger charge is -2.64. The summed E-state index contributed by atoms with van der Waals surface area (Å²) in [6, 6.07) is 6.02. The first-order valence-corrected chi connectivity index (χ1v) is 10.2. The molecule has 4 aliphatic rings. The molecule has 5 rings (SSSR count). The number of alkyl halides is 3.